The second-order valence-corrected chi connectivity index (χ2v) is 9.87. The lowest BCUT2D eigenvalue weighted by molar-refractivity contribution is 0.466. The van der Waals surface area contributed by atoms with Crippen LogP contribution in [-0.4, -0.2) is 32.9 Å². The van der Waals surface area contributed by atoms with E-state index in [9.17, 15) is 8.42 Å². The average Bonchev–Trinajstić information content (AvgIpc) is 2.66. The van der Waals surface area contributed by atoms with Crippen LogP contribution in [0.25, 0.3) is 0 Å². The number of piperidine rings is 1. The molecule has 27 heavy (non-hydrogen) atoms. The summed E-state index contributed by atoms with van der Waals surface area (Å²) in [6, 6.07) is 13.1. The van der Waals surface area contributed by atoms with E-state index in [0.717, 1.165) is 18.7 Å². The van der Waals surface area contributed by atoms with E-state index in [1.165, 1.54) is 29.3 Å². The van der Waals surface area contributed by atoms with Crippen molar-refractivity contribution in [3.63, 3.8) is 0 Å². The highest BCUT2D eigenvalue weighted by atomic mass is 35.5. The fourth-order valence-corrected chi connectivity index (χ4v) is 4.76. The minimum atomic E-state index is -3.45. The van der Waals surface area contributed by atoms with E-state index < -0.39 is 10.0 Å². The Labute approximate surface area is 171 Å². The van der Waals surface area contributed by atoms with Crippen molar-refractivity contribution >= 4 is 38.9 Å². The molecule has 3 rings (SSSR count). The molecule has 0 spiro atoms. The van der Waals surface area contributed by atoms with Crippen molar-refractivity contribution in [3.8, 4) is 0 Å². The van der Waals surface area contributed by atoms with E-state index in [1.54, 1.807) is 25.2 Å². The summed E-state index contributed by atoms with van der Waals surface area (Å²) in [5.41, 5.74) is 2.80. The molecular weight excluding hydrogens is 403 g/mol. The van der Waals surface area contributed by atoms with Crippen LogP contribution in [-0.2, 0) is 22.3 Å². The van der Waals surface area contributed by atoms with Crippen LogP contribution in [0.1, 0.15) is 30.4 Å². The van der Waals surface area contributed by atoms with Gasteiger partial charge in [-0.05, 0) is 54.7 Å². The third-order valence-electron chi connectivity index (χ3n) is 4.87. The van der Waals surface area contributed by atoms with Gasteiger partial charge in [-0.3, -0.25) is 0 Å². The number of sulfonamides is 1. The zero-order chi connectivity index (χ0) is 19.4. The highest BCUT2D eigenvalue weighted by Gasteiger charge is 2.19. The van der Waals surface area contributed by atoms with Gasteiger partial charge >= 0.3 is 0 Å². The zero-order valence-electron chi connectivity index (χ0n) is 15.4. The Morgan fingerprint density at radius 2 is 1.56 bits per heavy atom. The lowest BCUT2D eigenvalue weighted by Crippen LogP contribution is -2.29. The molecule has 0 atom stereocenters. The Morgan fingerprint density at radius 3 is 2.19 bits per heavy atom. The van der Waals surface area contributed by atoms with E-state index in [4.69, 9.17) is 23.2 Å². The highest BCUT2D eigenvalue weighted by molar-refractivity contribution is 7.88. The monoisotopic (exact) mass is 426 g/mol. The molecule has 0 radical (unpaired) electrons. The summed E-state index contributed by atoms with van der Waals surface area (Å²) in [7, 11) is -1.85. The molecule has 7 heteroatoms. The van der Waals surface area contributed by atoms with E-state index in [-0.39, 0.29) is 5.75 Å². The maximum atomic E-state index is 12.7. The summed E-state index contributed by atoms with van der Waals surface area (Å²) in [6.07, 6.45) is 3.77. The Morgan fingerprint density at radius 1 is 0.926 bits per heavy atom. The van der Waals surface area contributed by atoms with Crippen LogP contribution in [0.4, 0.5) is 5.69 Å². The van der Waals surface area contributed by atoms with Crippen molar-refractivity contribution in [3.05, 3.63) is 63.6 Å². The molecule has 0 amide bonds. The number of hydrogen-bond donors (Lipinski definition) is 0. The number of hydrogen-bond acceptors (Lipinski definition) is 3. The molecule has 0 saturated carbocycles. The fourth-order valence-electron chi connectivity index (χ4n) is 3.27. The second kappa shape index (κ2) is 8.82. The molecular formula is C20H24Cl2N2O2S. The first-order valence-electron chi connectivity index (χ1n) is 9.07. The first-order chi connectivity index (χ1) is 12.8. The molecule has 0 aliphatic carbocycles. The summed E-state index contributed by atoms with van der Waals surface area (Å²) in [4.78, 5) is 2.39. The lowest BCUT2D eigenvalue weighted by Gasteiger charge is -2.29. The van der Waals surface area contributed by atoms with E-state index in [0.29, 0.717) is 22.2 Å². The zero-order valence-corrected chi connectivity index (χ0v) is 17.7. The van der Waals surface area contributed by atoms with Crippen molar-refractivity contribution in [2.24, 2.45) is 0 Å². The van der Waals surface area contributed by atoms with Crippen LogP contribution < -0.4 is 4.90 Å². The first-order valence-corrected chi connectivity index (χ1v) is 11.4. The van der Waals surface area contributed by atoms with Gasteiger partial charge in [0, 0.05) is 32.4 Å². The fraction of sp³-hybridized carbons (Fsp3) is 0.400. The predicted octanol–water partition coefficient (Wildman–Crippen LogP) is 4.95. The summed E-state index contributed by atoms with van der Waals surface area (Å²) >= 11 is 11.9. The average molecular weight is 427 g/mol. The van der Waals surface area contributed by atoms with Gasteiger partial charge in [-0.2, -0.15) is 0 Å². The standard InChI is InChI=1S/C20H24Cl2N2O2S/c1-23(27(25,26)15-17-7-10-19(21)20(22)13-17)14-16-5-8-18(9-6-16)24-11-3-2-4-12-24/h5-10,13H,2-4,11-12,14-15H2,1H3. The Kier molecular flexibility index (Phi) is 6.69. The maximum absolute atomic E-state index is 12.7. The Balaban J connectivity index is 1.64. The number of rotatable bonds is 6. The molecule has 0 aromatic heterocycles. The van der Waals surface area contributed by atoms with Gasteiger partial charge in [-0.15, -0.1) is 0 Å². The smallest absolute Gasteiger partial charge is 0.218 e. The van der Waals surface area contributed by atoms with Crippen molar-refractivity contribution in [1.82, 2.24) is 4.31 Å². The molecule has 1 heterocycles. The van der Waals surface area contributed by atoms with Crippen LogP contribution >= 0.6 is 23.2 Å². The van der Waals surface area contributed by atoms with Crippen LogP contribution in [0, 0.1) is 0 Å². The van der Waals surface area contributed by atoms with Crippen LogP contribution in [0.3, 0.4) is 0 Å². The number of benzene rings is 2. The van der Waals surface area contributed by atoms with Gasteiger partial charge in [0.1, 0.15) is 0 Å². The lowest BCUT2D eigenvalue weighted by atomic mass is 10.1. The van der Waals surface area contributed by atoms with Crippen molar-refractivity contribution < 1.29 is 8.42 Å². The van der Waals surface area contributed by atoms with Gasteiger partial charge in [-0.25, -0.2) is 12.7 Å². The van der Waals surface area contributed by atoms with Crippen LogP contribution in [0.15, 0.2) is 42.5 Å². The largest absolute Gasteiger partial charge is 0.372 e. The molecule has 4 nitrogen and oxygen atoms in total. The minimum absolute atomic E-state index is 0.105. The molecule has 2 aromatic rings. The molecule has 0 N–H and O–H groups in total. The van der Waals surface area contributed by atoms with Crippen LogP contribution in [0.5, 0.6) is 0 Å². The quantitative estimate of drug-likeness (QED) is 0.655. The summed E-state index contributed by atoms with van der Waals surface area (Å²) in [5.74, 6) is -0.105. The van der Waals surface area contributed by atoms with Crippen molar-refractivity contribution in [2.75, 3.05) is 25.0 Å². The molecule has 1 aliphatic heterocycles. The van der Waals surface area contributed by atoms with E-state index in [1.807, 2.05) is 12.1 Å². The van der Waals surface area contributed by atoms with Gasteiger partial charge in [0.2, 0.25) is 10.0 Å². The van der Waals surface area contributed by atoms with E-state index in [2.05, 4.69) is 17.0 Å². The third-order valence-corrected chi connectivity index (χ3v) is 7.39. The number of anilines is 1. The van der Waals surface area contributed by atoms with Crippen LogP contribution in [0.2, 0.25) is 10.0 Å². The predicted molar refractivity (Wildman–Crippen MR) is 113 cm³/mol. The Hall–Kier alpha value is -1.27. The Bertz CT molecular complexity index is 879. The summed E-state index contributed by atoms with van der Waals surface area (Å²) in [6.45, 7) is 2.53. The molecule has 146 valence electrons. The first kappa shape index (κ1) is 20.5. The van der Waals surface area contributed by atoms with Gasteiger partial charge in [0.05, 0.1) is 15.8 Å². The van der Waals surface area contributed by atoms with Gasteiger partial charge in [0.25, 0.3) is 0 Å². The molecule has 1 fully saturated rings. The molecule has 1 saturated heterocycles. The third kappa shape index (κ3) is 5.38. The summed E-state index contributed by atoms with van der Waals surface area (Å²) < 4.78 is 26.7. The van der Waals surface area contributed by atoms with Crippen molar-refractivity contribution in [1.29, 1.82) is 0 Å². The molecule has 0 unspecified atom stereocenters. The molecule has 1 aliphatic rings. The highest BCUT2D eigenvalue weighted by Crippen LogP contribution is 2.25. The number of halogens is 2. The van der Waals surface area contributed by atoms with Gasteiger partial charge in [-0.1, -0.05) is 41.4 Å². The SMILES string of the molecule is CN(Cc1ccc(N2CCCCC2)cc1)S(=O)(=O)Cc1ccc(Cl)c(Cl)c1. The summed E-state index contributed by atoms with van der Waals surface area (Å²) in [5, 5.41) is 0.778. The maximum Gasteiger partial charge on any atom is 0.218 e. The number of nitrogens with zero attached hydrogens (tertiary/aromatic N) is 2. The van der Waals surface area contributed by atoms with Gasteiger partial charge in [0.15, 0.2) is 0 Å². The minimum Gasteiger partial charge on any atom is -0.372 e. The van der Waals surface area contributed by atoms with Crippen molar-refractivity contribution in [2.45, 2.75) is 31.6 Å². The second-order valence-electron chi connectivity index (χ2n) is 6.97. The van der Waals surface area contributed by atoms with Gasteiger partial charge < -0.3 is 4.90 Å². The molecule has 0 bridgehead atoms. The van der Waals surface area contributed by atoms with E-state index >= 15 is 0 Å². The topological polar surface area (TPSA) is 40.6 Å². The molecule has 2 aromatic carbocycles. The normalized spacial score (nSPS) is 15.3.